The molecule has 0 spiro atoms. The summed E-state index contributed by atoms with van der Waals surface area (Å²) >= 11 is 7.98. The molecule has 1 saturated heterocycles. The number of nitrogens with zero attached hydrogens (tertiary/aromatic N) is 2. The van der Waals surface area contributed by atoms with Gasteiger partial charge in [-0.15, -0.1) is 0 Å². The number of anilines is 1. The number of H-pyrrole nitrogens is 1. The molecule has 0 bridgehead atoms. The summed E-state index contributed by atoms with van der Waals surface area (Å²) in [5.41, 5.74) is 4.59. The molecule has 138 valence electrons. The normalized spacial score (nSPS) is 19.4. The van der Waals surface area contributed by atoms with E-state index in [9.17, 15) is 4.39 Å². The zero-order valence-corrected chi connectivity index (χ0v) is 17.8. The number of thiocarbonyl (C=S) groups is 1. The number of aromatic amines is 1. The van der Waals surface area contributed by atoms with Gasteiger partial charge in [0, 0.05) is 26.7 Å². The zero-order valence-electron chi connectivity index (χ0n) is 14.8. The molecule has 2 N–H and O–H groups in total. The fourth-order valence-corrected chi connectivity index (χ4v) is 4.87. The van der Waals surface area contributed by atoms with Crippen molar-refractivity contribution in [1.29, 1.82) is 0 Å². The Morgan fingerprint density at radius 3 is 2.48 bits per heavy atom. The van der Waals surface area contributed by atoms with Crippen molar-refractivity contribution < 1.29 is 4.39 Å². The third-order valence-electron chi connectivity index (χ3n) is 4.85. The Balaban J connectivity index is 1.92. The van der Waals surface area contributed by atoms with Gasteiger partial charge in [0.05, 0.1) is 23.5 Å². The maximum absolute atomic E-state index is 14.7. The Hall–Kier alpha value is -2.00. The lowest BCUT2D eigenvalue weighted by Gasteiger charge is -2.28. The molecule has 0 amide bonds. The largest absolute Gasteiger partial charge is 0.362 e. The van der Waals surface area contributed by atoms with E-state index in [1.165, 1.54) is 6.07 Å². The van der Waals surface area contributed by atoms with E-state index >= 15 is 0 Å². The first-order chi connectivity index (χ1) is 13.0. The Morgan fingerprint density at radius 2 is 1.85 bits per heavy atom. The average molecular weight is 492 g/mol. The van der Waals surface area contributed by atoms with Gasteiger partial charge in [-0.25, -0.2) is 4.39 Å². The number of hydrogen-bond donors (Lipinski definition) is 2. The fourth-order valence-electron chi connectivity index (χ4n) is 3.68. The first-order valence-corrected chi connectivity index (χ1v) is 10.1. The number of aromatic nitrogens is 2. The molecular weight excluding hydrogens is 474 g/mol. The van der Waals surface area contributed by atoms with E-state index < -0.39 is 0 Å². The quantitative estimate of drug-likeness (QED) is 0.402. The molecule has 27 heavy (non-hydrogen) atoms. The van der Waals surface area contributed by atoms with Crippen LogP contribution in [0.5, 0.6) is 0 Å². The second kappa shape index (κ2) is 7.20. The molecule has 1 aromatic carbocycles. The topological polar surface area (TPSA) is 44.0 Å². The third-order valence-corrected chi connectivity index (χ3v) is 6.56. The van der Waals surface area contributed by atoms with Gasteiger partial charge in [0.2, 0.25) is 0 Å². The Kier molecular flexibility index (Phi) is 4.90. The number of aryl methyl sites for hydroxylation is 2. The van der Waals surface area contributed by atoms with Crippen LogP contribution in [0.25, 0.3) is 0 Å². The molecule has 1 aliphatic heterocycles. The summed E-state index contributed by atoms with van der Waals surface area (Å²) < 4.78 is 15.8. The van der Waals surface area contributed by atoms with Gasteiger partial charge in [-0.05, 0) is 72.9 Å². The van der Waals surface area contributed by atoms with Crippen LogP contribution in [0.15, 0.2) is 48.7 Å². The number of hydrogen-bond acceptors (Lipinski definition) is 2. The zero-order chi connectivity index (χ0) is 19.1. The van der Waals surface area contributed by atoms with Gasteiger partial charge in [-0.3, -0.25) is 4.98 Å². The minimum Gasteiger partial charge on any atom is -0.362 e. The van der Waals surface area contributed by atoms with Crippen molar-refractivity contribution in [3.05, 3.63) is 80.7 Å². The average Bonchev–Trinajstić information content (AvgIpc) is 3.12. The summed E-state index contributed by atoms with van der Waals surface area (Å²) in [7, 11) is 0. The molecule has 2 atom stereocenters. The first-order valence-electron chi connectivity index (χ1n) is 8.58. The number of rotatable bonds is 3. The Bertz CT molecular complexity index is 1000. The maximum Gasteiger partial charge on any atom is 0.174 e. The monoisotopic (exact) mass is 492 g/mol. The van der Waals surface area contributed by atoms with E-state index in [-0.39, 0.29) is 17.9 Å². The minimum absolute atomic E-state index is 0.180. The standard InChI is InChI=1S/C20H18FIN4S/c1-11-16(17(22)12(2)24-11)19-18(14-8-5-6-10-23-14)25-20(27)26(19)15-9-4-3-7-13(15)21/h3-10,18-19,24H,1-2H3,(H,25,27)/t18-,19+/m1/s1. The van der Waals surface area contributed by atoms with Crippen molar-refractivity contribution in [3.63, 3.8) is 0 Å². The molecule has 1 aliphatic rings. The van der Waals surface area contributed by atoms with Crippen LogP contribution in [0.1, 0.15) is 34.7 Å². The summed E-state index contributed by atoms with van der Waals surface area (Å²) in [6.45, 7) is 4.09. The second-order valence-corrected chi connectivity index (χ2v) is 8.02. The summed E-state index contributed by atoms with van der Waals surface area (Å²) in [5, 5.41) is 3.86. The van der Waals surface area contributed by atoms with E-state index in [1.807, 2.05) is 43.0 Å². The second-order valence-electron chi connectivity index (χ2n) is 6.55. The molecular formula is C20H18FIN4S. The molecule has 1 fully saturated rings. The molecule has 4 nitrogen and oxygen atoms in total. The van der Waals surface area contributed by atoms with Gasteiger partial charge in [-0.1, -0.05) is 18.2 Å². The summed E-state index contributed by atoms with van der Waals surface area (Å²) in [6, 6.07) is 12.2. The number of halogens is 2. The molecule has 3 aromatic rings. The van der Waals surface area contributed by atoms with Crippen molar-refractivity contribution in [2.24, 2.45) is 0 Å². The van der Waals surface area contributed by atoms with Gasteiger partial charge in [0.1, 0.15) is 5.82 Å². The van der Waals surface area contributed by atoms with E-state index in [0.717, 1.165) is 26.2 Å². The fraction of sp³-hybridized carbons (Fsp3) is 0.200. The Labute approximate surface area is 176 Å². The van der Waals surface area contributed by atoms with Crippen LogP contribution in [0.4, 0.5) is 10.1 Å². The van der Waals surface area contributed by atoms with Crippen LogP contribution in [0.3, 0.4) is 0 Å². The number of benzene rings is 1. The van der Waals surface area contributed by atoms with Crippen LogP contribution in [0, 0.1) is 23.2 Å². The number of nitrogens with one attached hydrogen (secondary N) is 2. The van der Waals surface area contributed by atoms with E-state index in [1.54, 1.807) is 18.3 Å². The van der Waals surface area contributed by atoms with Crippen molar-refractivity contribution in [2.75, 3.05) is 4.90 Å². The van der Waals surface area contributed by atoms with Crippen LogP contribution in [-0.4, -0.2) is 15.1 Å². The molecule has 0 saturated carbocycles. The van der Waals surface area contributed by atoms with Crippen LogP contribution >= 0.6 is 34.8 Å². The molecule has 0 unspecified atom stereocenters. The van der Waals surface area contributed by atoms with Gasteiger partial charge < -0.3 is 15.2 Å². The maximum atomic E-state index is 14.7. The van der Waals surface area contributed by atoms with Crippen LogP contribution in [-0.2, 0) is 0 Å². The van der Waals surface area contributed by atoms with E-state index in [2.05, 4.69) is 37.9 Å². The lowest BCUT2D eigenvalue weighted by molar-refractivity contribution is 0.555. The summed E-state index contributed by atoms with van der Waals surface area (Å²) in [5.74, 6) is -0.298. The SMILES string of the molecule is Cc1[nH]c(C)c([C@H]2[C@@H](c3ccccn3)NC(=S)N2c2ccccc2F)c1I. The summed E-state index contributed by atoms with van der Waals surface area (Å²) in [6.07, 6.45) is 1.77. The number of pyridine rings is 1. The third kappa shape index (κ3) is 3.12. The first kappa shape index (κ1) is 18.4. The molecule has 3 heterocycles. The van der Waals surface area contributed by atoms with Gasteiger partial charge in [0.15, 0.2) is 5.11 Å². The van der Waals surface area contributed by atoms with E-state index in [0.29, 0.717) is 10.8 Å². The predicted octanol–water partition coefficient (Wildman–Crippen LogP) is 4.95. The van der Waals surface area contributed by atoms with E-state index in [4.69, 9.17) is 12.2 Å². The highest BCUT2D eigenvalue weighted by atomic mass is 127. The van der Waals surface area contributed by atoms with Crippen LogP contribution < -0.4 is 10.2 Å². The van der Waals surface area contributed by atoms with Gasteiger partial charge in [-0.2, -0.15) is 0 Å². The van der Waals surface area contributed by atoms with Gasteiger partial charge >= 0.3 is 0 Å². The van der Waals surface area contributed by atoms with Gasteiger partial charge in [0.25, 0.3) is 0 Å². The summed E-state index contributed by atoms with van der Waals surface area (Å²) in [4.78, 5) is 9.82. The number of para-hydroxylation sites is 1. The highest BCUT2D eigenvalue weighted by molar-refractivity contribution is 14.1. The molecule has 0 radical (unpaired) electrons. The lowest BCUT2D eigenvalue weighted by Crippen LogP contribution is -2.30. The molecule has 4 rings (SSSR count). The van der Waals surface area contributed by atoms with Crippen molar-refractivity contribution in [1.82, 2.24) is 15.3 Å². The van der Waals surface area contributed by atoms with Crippen molar-refractivity contribution >= 4 is 45.6 Å². The highest BCUT2D eigenvalue weighted by Gasteiger charge is 2.43. The molecule has 2 aromatic heterocycles. The smallest absolute Gasteiger partial charge is 0.174 e. The Morgan fingerprint density at radius 1 is 1.11 bits per heavy atom. The highest BCUT2D eigenvalue weighted by Crippen LogP contribution is 2.45. The predicted molar refractivity (Wildman–Crippen MR) is 117 cm³/mol. The molecule has 0 aliphatic carbocycles. The lowest BCUT2D eigenvalue weighted by atomic mass is 9.96. The van der Waals surface area contributed by atoms with Crippen LogP contribution in [0.2, 0.25) is 0 Å². The van der Waals surface area contributed by atoms with Crippen molar-refractivity contribution in [3.8, 4) is 0 Å². The van der Waals surface area contributed by atoms with Crippen molar-refractivity contribution in [2.45, 2.75) is 25.9 Å². The minimum atomic E-state index is -0.298. The molecule has 7 heteroatoms.